The third-order valence-electron chi connectivity index (χ3n) is 6.46. The zero-order valence-corrected chi connectivity index (χ0v) is 23.4. The van der Waals surface area contributed by atoms with Crippen LogP contribution in [-0.2, 0) is 11.2 Å². The molecule has 0 aliphatic heterocycles. The van der Waals surface area contributed by atoms with E-state index < -0.39 is 6.09 Å². The molecule has 0 radical (unpaired) electrons. The van der Waals surface area contributed by atoms with Gasteiger partial charge in [-0.25, -0.2) is 9.80 Å². The maximum Gasteiger partial charge on any atom is 0.427 e. The Morgan fingerprint density at radius 2 is 1.25 bits per heavy atom. The molecule has 2 amide bonds. The number of ether oxygens (including phenoxy) is 1. The molecule has 6 heteroatoms. The molecule has 0 heterocycles. The van der Waals surface area contributed by atoms with Gasteiger partial charge in [0.05, 0.1) is 0 Å². The molecule has 0 aliphatic rings. The van der Waals surface area contributed by atoms with Crippen LogP contribution < -0.4 is 15.5 Å². The van der Waals surface area contributed by atoms with Gasteiger partial charge < -0.3 is 10.1 Å². The Kier molecular flexibility index (Phi) is 19.7. The Hall–Kier alpha value is -2.08. The fraction of sp³-hybridized carbons (Fsp3) is 0.733. The second kappa shape index (κ2) is 22.1. The molecule has 2 N–H and O–H groups in total. The van der Waals surface area contributed by atoms with E-state index in [-0.39, 0.29) is 5.91 Å². The Balaban J connectivity index is 1.96. The summed E-state index contributed by atoms with van der Waals surface area (Å²) in [7, 11) is 3.44. The molecule has 0 aromatic heterocycles. The second-order valence-electron chi connectivity index (χ2n) is 10.2. The van der Waals surface area contributed by atoms with Crippen LogP contribution in [0.4, 0.5) is 4.79 Å². The first-order valence-corrected chi connectivity index (χ1v) is 14.5. The lowest BCUT2D eigenvalue weighted by atomic mass is 10.0. The molecule has 0 atom stereocenters. The van der Waals surface area contributed by atoms with Gasteiger partial charge in [-0.1, -0.05) is 121 Å². The van der Waals surface area contributed by atoms with Gasteiger partial charge >= 0.3 is 6.09 Å². The molecule has 1 aromatic carbocycles. The molecule has 0 bridgehead atoms. The van der Waals surface area contributed by atoms with Gasteiger partial charge in [0.15, 0.2) is 0 Å². The molecule has 0 spiro atoms. The number of para-hydroxylation sites is 1. The van der Waals surface area contributed by atoms with E-state index in [9.17, 15) is 9.59 Å². The molecule has 6 nitrogen and oxygen atoms in total. The van der Waals surface area contributed by atoms with Gasteiger partial charge in [0, 0.05) is 27.1 Å². The summed E-state index contributed by atoms with van der Waals surface area (Å²) in [6, 6.07) is 7.35. The molecule has 1 rings (SSSR count). The van der Waals surface area contributed by atoms with Crippen molar-refractivity contribution in [1.82, 2.24) is 15.8 Å². The summed E-state index contributed by atoms with van der Waals surface area (Å²) in [5.74, 6) is 0.533. The first-order chi connectivity index (χ1) is 17.5. The largest absolute Gasteiger partial charge is 0.427 e. The number of nitrogens with zero attached hydrogens (tertiary/aromatic N) is 1. The molecular weight excluding hydrogens is 450 g/mol. The molecular formula is C30H53N3O3. The zero-order valence-electron chi connectivity index (χ0n) is 23.4. The van der Waals surface area contributed by atoms with Crippen molar-refractivity contribution in [2.45, 2.75) is 122 Å². The Labute approximate surface area is 220 Å². The first kappa shape index (κ1) is 31.9. The van der Waals surface area contributed by atoms with Gasteiger partial charge in [-0.15, -0.1) is 0 Å². The number of carbonyl (C=O) groups excluding carboxylic acids is 2. The summed E-state index contributed by atoms with van der Waals surface area (Å²) < 4.78 is 5.36. The van der Waals surface area contributed by atoms with Crippen LogP contribution in [0, 0.1) is 0 Å². The predicted molar refractivity (Wildman–Crippen MR) is 150 cm³/mol. The number of hydrogen-bond donors (Lipinski definition) is 2. The van der Waals surface area contributed by atoms with E-state index in [1.807, 2.05) is 18.2 Å². The van der Waals surface area contributed by atoms with E-state index in [0.717, 1.165) is 18.5 Å². The number of rotatable bonds is 22. The zero-order chi connectivity index (χ0) is 26.3. The van der Waals surface area contributed by atoms with E-state index in [2.05, 4.69) is 17.7 Å². The van der Waals surface area contributed by atoms with Gasteiger partial charge in [-0.05, 0) is 24.5 Å². The molecule has 1 aromatic rings. The minimum absolute atomic E-state index is 0.0449. The minimum atomic E-state index is -0.541. The number of hydrazine groups is 1. The lowest BCUT2D eigenvalue weighted by molar-refractivity contribution is -0.121. The second-order valence-corrected chi connectivity index (χ2v) is 10.2. The normalized spacial score (nSPS) is 11.0. The average Bonchev–Trinajstić information content (AvgIpc) is 2.85. The highest BCUT2D eigenvalue weighted by molar-refractivity contribution is 5.76. The van der Waals surface area contributed by atoms with Gasteiger partial charge in [0.1, 0.15) is 5.75 Å². The number of aryl methyl sites for hydroxylation is 1. The van der Waals surface area contributed by atoms with Gasteiger partial charge in [0.2, 0.25) is 5.91 Å². The van der Waals surface area contributed by atoms with Crippen LogP contribution in [0.5, 0.6) is 5.75 Å². The van der Waals surface area contributed by atoms with Crippen molar-refractivity contribution in [3.05, 3.63) is 29.8 Å². The van der Waals surface area contributed by atoms with Crippen molar-refractivity contribution in [2.75, 3.05) is 20.6 Å². The van der Waals surface area contributed by atoms with Crippen molar-refractivity contribution in [1.29, 1.82) is 0 Å². The highest BCUT2D eigenvalue weighted by Crippen LogP contribution is 2.20. The SMILES string of the molecule is CCCCCCCCCCCCCCCCCCNC(=O)CCc1ccccc1OC(=O)NN(C)C. The fourth-order valence-electron chi connectivity index (χ4n) is 4.35. The third kappa shape index (κ3) is 18.2. The first-order valence-electron chi connectivity index (χ1n) is 14.5. The van der Waals surface area contributed by atoms with Crippen molar-refractivity contribution >= 4 is 12.0 Å². The quantitative estimate of drug-likeness (QED) is 0.126. The van der Waals surface area contributed by atoms with Crippen LogP contribution in [0.25, 0.3) is 0 Å². The van der Waals surface area contributed by atoms with Crippen LogP contribution in [-0.4, -0.2) is 37.6 Å². The summed E-state index contributed by atoms with van der Waals surface area (Å²) in [6.07, 6.45) is 22.0. The Bertz CT molecular complexity index is 694. The van der Waals surface area contributed by atoms with E-state index in [4.69, 9.17) is 4.74 Å². The molecule has 36 heavy (non-hydrogen) atoms. The summed E-state index contributed by atoms with van der Waals surface area (Å²) in [5, 5.41) is 4.55. The monoisotopic (exact) mass is 503 g/mol. The summed E-state index contributed by atoms with van der Waals surface area (Å²) in [4.78, 5) is 24.1. The fourth-order valence-corrected chi connectivity index (χ4v) is 4.35. The standard InChI is InChI=1S/C30H53N3O3/c1-4-5-6-7-8-9-10-11-12-13-14-15-16-17-18-21-26-31-29(34)25-24-27-22-19-20-23-28(27)36-30(35)32-33(2)3/h19-20,22-23H,4-18,21,24-26H2,1-3H3,(H,31,34)(H,32,35). The number of nitrogens with one attached hydrogen (secondary N) is 2. The van der Waals surface area contributed by atoms with Crippen LogP contribution in [0.15, 0.2) is 24.3 Å². The average molecular weight is 504 g/mol. The van der Waals surface area contributed by atoms with Crippen LogP contribution >= 0.6 is 0 Å². The minimum Gasteiger partial charge on any atom is -0.409 e. The lowest BCUT2D eigenvalue weighted by Crippen LogP contribution is -2.38. The van der Waals surface area contributed by atoms with Crippen LogP contribution in [0.1, 0.15) is 122 Å². The van der Waals surface area contributed by atoms with E-state index >= 15 is 0 Å². The summed E-state index contributed by atoms with van der Waals surface area (Å²) in [6.45, 7) is 3.01. The molecule has 0 saturated heterocycles. The molecule has 206 valence electrons. The van der Waals surface area contributed by atoms with Crippen molar-refractivity contribution in [3.8, 4) is 5.75 Å². The maximum atomic E-state index is 12.2. The van der Waals surface area contributed by atoms with E-state index in [0.29, 0.717) is 18.6 Å². The lowest BCUT2D eigenvalue weighted by Gasteiger charge is -2.14. The van der Waals surface area contributed by atoms with Crippen LogP contribution in [0.2, 0.25) is 0 Å². The Morgan fingerprint density at radius 3 is 1.78 bits per heavy atom. The number of amides is 2. The van der Waals surface area contributed by atoms with Crippen molar-refractivity contribution in [3.63, 3.8) is 0 Å². The van der Waals surface area contributed by atoms with Crippen LogP contribution in [0.3, 0.4) is 0 Å². The smallest absolute Gasteiger partial charge is 0.409 e. The van der Waals surface area contributed by atoms with Gasteiger partial charge in [-0.2, -0.15) is 0 Å². The van der Waals surface area contributed by atoms with E-state index in [1.54, 1.807) is 20.2 Å². The number of benzene rings is 1. The number of carbonyl (C=O) groups is 2. The third-order valence-corrected chi connectivity index (χ3v) is 6.46. The highest BCUT2D eigenvalue weighted by atomic mass is 16.6. The molecule has 0 unspecified atom stereocenters. The number of hydrogen-bond acceptors (Lipinski definition) is 4. The molecule has 0 aliphatic carbocycles. The van der Waals surface area contributed by atoms with Gasteiger partial charge in [0.25, 0.3) is 0 Å². The highest BCUT2D eigenvalue weighted by Gasteiger charge is 2.11. The van der Waals surface area contributed by atoms with Crippen molar-refractivity contribution in [2.24, 2.45) is 0 Å². The van der Waals surface area contributed by atoms with Gasteiger partial charge in [-0.3, -0.25) is 10.2 Å². The van der Waals surface area contributed by atoms with Crippen molar-refractivity contribution < 1.29 is 14.3 Å². The molecule has 0 fully saturated rings. The Morgan fingerprint density at radius 1 is 0.750 bits per heavy atom. The predicted octanol–water partition coefficient (Wildman–Crippen LogP) is 7.56. The summed E-state index contributed by atoms with van der Waals surface area (Å²) in [5.41, 5.74) is 3.40. The molecule has 0 saturated carbocycles. The van der Waals surface area contributed by atoms with E-state index in [1.165, 1.54) is 101 Å². The summed E-state index contributed by atoms with van der Waals surface area (Å²) >= 11 is 0. The number of unbranched alkanes of at least 4 members (excludes halogenated alkanes) is 15. The topological polar surface area (TPSA) is 70.7 Å². The maximum absolute atomic E-state index is 12.2.